The van der Waals surface area contributed by atoms with E-state index in [1.54, 1.807) is 0 Å². The molecule has 0 spiro atoms. The Bertz CT molecular complexity index is 154. The quantitative estimate of drug-likeness (QED) is 0.569. The van der Waals surface area contributed by atoms with Gasteiger partial charge in [0.2, 0.25) is 0 Å². The van der Waals surface area contributed by atoms with Gasteiger partial charge >= 0.3 is 0 Å². The predicted molar refractivity (Wildman–Crippen MR) is 52.7 cm³/mol. The molecule has 0 radical (unpaired) electrons. The van der Waals surface area contributed by atoms with E-state index in [0.29, 0.717) is 12.4 Å². The second-order valence-corrected chi connectivity index (χ2v) is 3.82. The summed E-state index contributed by atoms with van der Waals surface area (Å²) in [6.07, 6.45) is 8.62. The minimum absolute atomic E-state index is 0.0359. The molecule has 76 valence electrons. The summed E-state index contributed by atoms with van der Waals surface area (Å²) in [6, 6.07) is 0. The van der Waals surface area contributed by atoms with Gasteiger partial charge in [0.05, 0.1) is 0 Å². The molecule has 1 saturated heterocycles. The Balaban J connectivity index is 1.81. The van der Waals surface area contributed by atoms with Crippen molar-refractivity contribution in [3.8, 4) is 0 Å². The van der Waals surface area contributed by atoms with Crippen LogP contribution >= 0.6 is 0 Å². The van der Waals surface area contributed by atoms with Gasteiger partial charge in [-0.15, -0.1) is 0 Å². The molecule has 1 rings (SSSR count). The van der Waals surface area contributed by atoms with Crippen molar-refractivity contribution in [2.24, 2.45) is 0 Å². The van der Waals surface area contributed by atoms with Gasteiger partial charge in [-0.25, -0.2) is 0 Å². The molecular formula is C11H20O2. The van der Waals surface area contributed by atoms with Crippen LogP contribution in [-0.2, 0) is 9.53 Å². The number of hydrogen-bond acceptors (Lipinski definition) is 2. The molecule has 13 heavy (non-hydrogen) atoms. The average molecular weight is 184 g/mol. The Hall–Kier alpha value is -0.370. The first kappa shape index (κ1) is 10.7. The molecule has 0 aromatic heterocycles. The van der Waals surface area contributed by atoms with Crippen molar-refractivity contribution >= 4 is 5.78 Å². The van der Waals surface area contributed by atoms with Crippen LogP contribution in [0.1, 0.15) is 51.9 Å². The van der Waals surface area contributed by atoms with Gasteiger partial charge in [0.15, 0.2) is 5.78 Å². The van der Waals surface area contributed by atoms with Gasteiger partial charge < -0.3 is 4.74 Å². The minimum Gasteiger partial charge on any atom is -0.362 e. The molecule has 0 aliphatic carbocycles. The second-order valence-electron chi connectivity index (χ2n) is 3.82. The summed E-state index contributed by atoms with van der Waals surface area (Å²) >= 11 is 0. The lowest BCUT2D eigenvalue weighted by Crippen LogP contribution is -2.39. The number of carbonyl (C=O) groups is 1. The third-order valence-corrected chi connectivity index (χ3v) is 2.61. The van der Waals surface area contributed by atoms with Gasteiger partial charge in [-0.05, 0) is 6.42 Å². The summed E-state index contributed by atoms with van der Waals surface area (Å²) in [5.74, 6) is 0.300. The molecule has 0 N–H and O–H groups in total. The van der Waals surface area contributed by atoms with Crippen LogP contribution in [0.25, 0.3) is 0 Å². The highest BCUT2D eigenvalue weighted by Gasteiger charge is 2.27. The van der Waals surface area contributed by atoms with Crippen LogP contribution in [-0.4, -0.2) is 18.5 Å². The van der Waals surface area contributed by atoms with E-state index in [0.717, 1.165) is 12.8 Å². The van der Waals surface area contributed by atoms with Gasteiger partial charge in [0, 0.05) is 0 Å². The number of unbranched alkanes of at least 4 members (excludes halogenated alkanes) is 5. The Morgan fingerprint density at radius 2 is 1.92 bits per heavy atom. The van der Waals surface area contributed by atoms with Gasteiger partial charge in [-0.3, -0.25) is 4.79 Å². The van der Waals surface area contributed by atoms with E-state index in [-0.39, 0.29) is 6.10 Å². The lowest BCUT2D eigenvalue weighted by atomic mass is 10.0. The zero-order valence-corrected chi connectivity index (χ0v) is 8.55. The van der Waals surface area contributed by atoms with Crippen molar-refractivity contribution in [3.05, 3.63) is 0 Å². The standard InChI is InChI=1S/C11H20O2/c1-2-3-4-5-6-7-8-11-10(12)9-13-11/h11H,2-9H2,1H3. The van der Waals surface area contributed by atoms with Crippen LogP contribution in [0.4, 0.5) is 0 Å². The molecule has 2 heteroatoms. The van der Waals surface area contributed by atoms with Gasteiger partial charge in [-0.1, -0.05) is 45.4 Å². The van der Waals surface area contributed by atoms with Crippen LogP contribution in [0.15, 0.2) is 0 Å². The molecule has 0 aromatic rings. The van der Waals surface area contributed by atoms with Gasteiger partial charge in [0.1, 0.15) is 12.7 Å². The monoisotopic (exact) mass is 184 g/mol. The summed E-state index contributed by atoms with van der Waals surface area (Å²) in [4.78, 5) is 10.9. The van der Waals surface area contributed by atoms with Crippen LogP contribution in [0.3, 0.4) is 0 Å². The molecule has 1 unspecified atom stereocenters. The molecule has 1 fully saturated rings. The number of carbonyl (C=O) groups excluding carboxylic acids is 1. The highest BCUT2D eigenvalue weighted by Crippen LogP contribution is 2.15. The first-order valence-electron chi connectivity index (χ1n) is 5.49. The maximum absolute atomic E-state index is 10.9. The number of hydrogen-bond donors (Lipinski definition) is 0. The number of rotatable bonds is 7. The van der Waals surface area contributed by atoms with E-state index in [1.165, 1.54) is 32.1 Å². The lowest BCUT2D eigenvalue weighted by molar-refractivity contribution is -0.155. The summed E-state index contributed by atoms with van der Waals surface area (Å²) in [7, 11) is 0. The van der Waals surface area contributed by atoms with Crippen molar-refractivity contribution in [1.29, 1.82) is 0 Å². The molecule has 0 amide bonds. The molecule has 0 aromatic carbocycles. The smallest absolute Gasteiger partial charge is 0.187 e. The van der Waals surface area contributed by atoms with Crippen LogP contribution < -0.4 is 0 Å². The molecule has 2 nitrogen and oxygen atoms in total. The van der Waals surface area contributed by atoms with E-state index in [1.807, 2.05) is 0 Å². The fraction of sp³-hybridized carbons (Fsp3) is 0.909. The zero-order chi connectivity index (χ0) is 9.52. The Labute approximate surface area is 80.7 Å². The molecule has 1 atom stereocenters. The zero-order valence-electron chi connectivity index (χ0n) is 8.55. The maximum atomic E-state index is 10.9. The average Bonchev–Trinajstić information content (AvgIpc) is 2.14. The summed E-state index contributed by atoms with van der Waals surface area (Å²) in [5.41, 5.74) is 0. The first-order valence-corrected chi connectivity index (χ1v) is 5.49. The second kappa shape index (κ2) is 6.14. The van der Waals surface area contributed by atoms with Crippen molar-refractivity contribution < 1.29 is 9.53 Å². The normalized spacial score (nSPS) is 21.6. The van der Waals surface area contributed by atoms with Crippen molar-refractivity contribution in [2.45, 2.75) is 58.0 Å². The Morgan fingerprint density at radius 1 is 1.23 bits per heavy atom. The highest BCUT2D eigenvalue weighted by atomic mass is 16.5. The maximum Gasteiger partial charge on any atom is 0.187 e. The summed E-state index contributed by atoms with van der Waals surface area (Å²) in [5, 5.41) is 0. The molecular weight excluding hydrogens is 164 g/mol. The predicted octanol–water partition coefficient (Wildman–Crippen LogP) is 2.70. The fourth-order valence-corrected chi connectivity index (χ4v) is 1.62. The minimum atomic E-state index is -0.0359. The van der Waals surface area contributed by atoms with E-state index in [9.17, 15) is 4.79 Å². The van der Waals surface area contributed by atoms with Crippen molar-refractivity contribution in [3.63, 3.8) is 0 Å². The largest absolute Gasteiger partial charge is 0.362 e. The van der Waals surface area contributed by atoms with Crippen LogP contribution in [0.5, 0.6) is 0 Å². The van der Waals surface area contributed by atoms with Gasteiger partial charge in [-0.2, -0.15) is 0 Å². The fourth-order valence-electron chi connectivity index (χ4n) is 1.62. The van der Waals surface area contributed by atoms with Crippen molar-refractivity contribution in [2.75, 3.05) is 6.61 Å². The highest BCUT2D eigenvalue weighted by molar-refractivity contribution is 5.88. The van der Waals surface area contributed by atoms with E-state index < -0.39 is 0 Å². The molecule has 0 saturated carbocycles. The van der Waals surface area contributed by atoms with Gasteiger partial charge in [0.25, 0.3) is 0 Å². The van der Waals surface area contributed by atoms with E-state index in [4.69, 9.17) is 4.74 Å². The molecule has 1 heterocycles. The van der Waals surface area contributed by atoms with E-state index >= 15 is 0 Å². The summed E-state index contributed by atoms with van der Waals surface area (Å²) < 4.78 is 5.12. The Morgan fingerprint density at radius 3 is 2.46 bits per heavy atom. The molecule has 0 bridgehead atoms. The van der Waals surface area contributed by atoms with Crippen LogP contribution in [0.2, 0.25) is 0 Å². The number of ketones is 1. The van der Waals surface area contributed by atoms with Crippen molar-refractivity contribution in [1.82, 2.24) is 0 Å². The third-order valence-electron chi connectivity index (χ3n) is 2.61. The molecule has 1 aliphatic rings. The third kappa shape index (κ3) is 3.90. The lowest BCUT2D eigenvalue weighted by Gasteiger charge is -2.24. The number of Topliss-reactive ketones (excluding diaryl/α,β-unsaturated/α-hetero) is 1. The SMILES string of the molecule is CCCCCCCCC1OCC1=O. The summed E-state index contributed by atoms with van der Waals surface area (Å²) in [6.45, 7) is 2.58. The molecule has 1 aliphatic heterocycles. The van der Waals surface area contributed by atoms with E-state index in [2.05, 4.69) is 6.92 Å². The number of ether oxygens (including phenoxy) is 1. The topological polar surface area (TPSA) is 26.3 Å². The van der Waals surface area contributed by atoms with Crippen LogP contribution in [0, 0.1) is 0 Å². The first-order chi connectivity index (χ1) is 6.34. The Kier molecular flexibility index (Phi) is 5.06.